The van der Waals surface area contributed by atoms with Gasteiger partial charge in [-0.2, -0.15) is 0 Å². The van der Waals surface area contributed by atoms with Crippen molar-refractivity contribution < 1.29 is 14.9 Å². The lowest BCUT2D eigenvalue weighted by atomic mass is 9.59. The summed E-state index contributed by atoms with van der Waals surface area (Å²) in [6.07, 6.45) is 5.62. The van der Waals surface area contributed by atoms with E-state index < -0.39 is 5.60 Å². The molecule has 3 heteroatoms. The summed E-state index contributed by atoms with van der Waals surface area (Å²) in [7, 11) is 1.62. The highest BCUT2D eigenvalue weighted by Gasteiger charge is 2.49. The van der Waals surface area contributed by atoms with E-state index in [-0.39, 0.29) is 17.1 Å². The number of hydrogen-bond donors (Lipinski definition) is 2. The molecule has 2 aliphatic carbocycles. The molecule has 0 radical (unpaired) electrons. The van der Waals surface area contributed by atoms with Crippen LogP contribution in [0.5, 0.6) is 11.5 Å². The number of aromatic hydroxyl groups is 1. The molecule has 24 heavy (non-hydrogen) atoms. The summed E-state index contributed by atoms with van der Waals surface area (Å²) in [5.41, 5.74) is 2.67. The average Bonchev–Trinajstić information content (AvgIpc) is 2.62. The zero-order chi connectivity index (χ0) is 17.7. The van der Waals surface area contributed by atoms with Gasteiger partial charge in [0.1, 0.15) is 0 Å². The number of methoxy groups -OCH3 is 1. The van der Waals surface area contributed by atoms with Gasteiger partial charge in [0.2, 0.25) is 0 Å². The van der Waals surface area contributed by atoms with Crippen LogP contribution in [0.4, 0.5) is 0 Å². The van der Waals surface area contributed by atoms with Gasteiger partial charge >= 0.3 is 0 Å². The Balaban J connectivity index is 2.12. The van der Waals surface area contributed by atoms with Crippen molar-refractivity contribution in [1.82, 2.24) is 0 Å². The van der Waals surface area contributed by atoms with Crippen molar-refractivity contribution in [1.29, 1.82) is 0 Å². The van der Waals surface area contributed by atoms with Gasteiger partial charge in [-0.15, -0.1) is 0 Å². The van der Waals surface area contributed by atoms with Crippen LogP contribution < -0.4 is 4.74 Å². The summed E-state index contributed by atoms with van der Waals surface area (Å²) < 4.78 is 5.61. The second-order valence-corrected chi connectivity index (χ2v) is 8.85. The van der Waals surface area contributed by atoms with Crippen LogP contribution in [-0.2, 0) is 12.8 Å². The van der Waals surface area contributed by atoms with Crippen molar-refractivity contribution in [3.63, 3.8) is 0 Å². The number of hydrogen-bond acceptors (Lipinski definition) is 3. The lowest BCUT2D eigenvalue weighted by Gasteiger charge is -2.49. The number of phenolic OH excluding ortho intramolecular Hbond substituents is 1. The minimum absolute atomic E-state index is 0.158. The molecule has 0 bridgehead atoms. The Labute approximate surface area is 146 Å². The smallest absolute Gasteiger partial charge is 0.164 e. The molecule has 0 aromatic heterocycles. The Morgan fingerprint density at radius 1 is 1.25 bits per heavy atom. The van der Waals surface area contributed by atoms with Crippen molar-refractivity contribution in [2.45, 2.75) is 77.7 Å². The number of ether oxygens (including phenoxy) is 1. The fraction of sp³-hybridized carbons (Fsp3) is 0.714. The van der Waals surface area contributed by atoms with Crippen molar-refractivity contribution in [2.24, 2.45) is 11.3 Å². The van der Waals surface area contributed by atoms with Crippen molar-refractivity contribution in [3.05, 3.63) is 22.8 Å². The van der Waals surface area contributed by atoms with Gasteiger partial charge in [0, 0.05) is 17.5 Å². The maximum atomic E-state index is 11.5. The molecule has 2 aliphatic rings. The molecule has 1 fully saturated rings. The molecule has 3 rings (SSSR count). The maximum absolute atomic E-state index is 11.5. The molecule has 1 aromatic rings. The van der Waals surface area contributed by atoms with Crippen molar-refractivity contribution in [3.8, 4) is 11.5 Å². The molecule has 0 unspecified atom stereocenters. The van der Waals surface area contributed by atoms with E-state index in [1.165, 1.54) is 12.0 Å². The highest BCUT2D eigenvalue weighted by atomic mass is 16.5. The molecule has 2 atom stereocenters. The topological polar surface area (TPSA) is 49.7 Å². The van der Waals surface area contributed by atoms with Gasteiger partial charge in [-0.05, 0) is 48.5 Å². The van der Waals surface area contributed by atoms with Crippen LogP contribution in [0.15, 0.2) is 6.07 Å². The summed E-state index contributed by atoms with van der Waals surface area (Å²) >= 11 is 0. The number of aryl methyl sites for hydroxylation is 1. The normalized spacial score (nSPS) is 28.9. The Kier molecular flexibility index (Phi) is 4.36. The largest absolute Gasteiger partial charge is 0.504 e. The zero-order valence-corrected chi connectivity index (χ0v) is 15.8. The molecule has 0 aliphatic heterocycles. The number of fused-ring (bicyclic) bond motifs is 2. The van der Waals surface area contributed by atoms with Gasteiger partial charge in [0.25, 0.3) is 0 Å². The summed E-state index contributed by atoms with van der Waals surface area (Å²) in [5, 5.41) is 22.2. The molecule has 134 valence electrons. The number of rotatable bonds is 2. The second-order valence-electron chi connectivity index (χ2n) is 8.85. The summed E-state index contributed by atoms with van der Waals surface area (Å²) in [6.45, 7) is 8.78. The third kappa shape index (κ3) is 2.71. The number of phenols is 1. The van der Waals surface area contributed by atoms with E-state index in [1.54, 1.807) is 7.11 Å². The fourth-order valence-electron chi connectivity index (χ4n) is 5.24. The minimum Gasteiger partial charge on any atom is -0.504 e. The number of benzene rings is 1. The van der Waals surface area contributed by atoms with Crippen LogP contribution in [0.2, 0.25) is 0 Å². The van der Waals surface area contributed by atoms with Gasteiger partial charge in [0.15, 0.2) is 11.5 Å². The molecule has 2 N–H and O–H groups in total. The molecular formula is C21H32O3. The lowest BCUT2D eigenvalue weighted by Crippen LogP contribution is -2.50. The maximum Gasteiger partial charge on any atom is 0.164 e. The first-order valence-electron chi connectivity index (χ1n) is 9.33. The predicted molar refractivity (Wildman–Crippen MR) is 96.8 cm³/mol. The van der Waals surface area contributed by atoms with Gasteiger partial charge in [-0.3, -0.25) is 0 Å². The molecule has 1 aromatic carbocycles. The number of aliphatic hydroxyl groups is 1. The van der Waals surface area contributed by atoms with Crippen molar-refractivity contribution >= 4 is 0 Å². The summed E-state index contributed by atoms with van der Waals surface area (Å²) in [4.78, 5) is 0. The highest BCUT2D eigenvalue weighted by molar-refractivity contribution is 5.57. The first-order valence-corrected chi connectivity index (χ1v) is 9.33. The van der Waals surface area contributed by atoms with E-state index in [9.17, 15) is 10.2 Å². The zero-order valence-electron chi connectivity index (χ0n) is 15.8. The Hall–Kier alpha value is -1.22. The van der Waals surface area contributed by atoms with Crippen LogP contribution in [0.25, 0.3) is 0 Å². The van der Waals surface area contributed by atoms with Crippen LogP contribution in [0, 0.1) is 11.3 Å². The van der Waals surface area contributed by atoms with E-state index in [0.717, 1.165) is 36.8 Å². The molecule has 0 amide bonds. The van der Waals surface area contributed by atoms with Crippen molar-refractivity contribution in [2.75, 3.05) is 7.11 Å². The molecule has 0 saturated heterocycles. The Bertz CT molecular complexity index is 632. The van der Waals surface area contributed by atoms with E-state index in [4.69, 9.17) is 4.74 Å². The molecule has 3 nitrogen and oxygen atoms in total. The molecule has 0 heterocycles. The lowest BCUT2D eigenvalue weighted by molar-refractivity contribution is -0.102. The first-order chi connectivity index (χ1) is 11.2. The quantitative estimate of drug-likeness (QED) is 0.834. The molecule has 1 saturated carbocycles. The van der Waals surface area contributed by atoms with Crippen LogP contribution >= 0.6 is 0 Å². The van der Waals surface area contributed by atoms with Crippen LogP contribution in [0.1, 0.15) is 76.0 Å². The Morgan fingerprint density at radius 2 is 1.96 bits per heavy atom. The first kappa shape index (κ1) is 17.6. The summed E-state index contributed by atoms with van der Waals surface area (Å²) in [5.74, 6) is 1.37. The van der Waals surface area contributed by atoms with Crippen LogP contribution in [0.3, 0.4) is 0 Å². The van der Waals surface area contributed by atoms with Gasteiger partial charge in [-0.1, -0.05) is 40.2 Å². The van der Waals surface area contributed by atoms with E-state index >= 15 is 0 Å². The van der Waals surface area contributed by atoms with Crippen LogP contribution in [-0.4, -0.2) is 22.9 Å². The third-order valence-electron chi connectivity index (χ3n) is 6.51. The van der Waals surface area contributed by atoms with E-state index in [0.29, 0.717) is 18.1 Å². The van der Waals surface area contributed by atoms with E-state index in [2.05, 4.69) is 33.8 Å². The predicted octanol–water partition coefficient (Wildman–Crippen LogP) is 4.57. The molecular weight excluding hydrogens is 300 g/mol. The van der Waals surface area contributed by atoms with Gasteiger partial charge < -0.3 is 14.9 Å². The third-order valence-corrected chi connectivity index (χ3v) is 6.51. The monoisotopic (exact) mass is 332 g/mol. The SMILES string of the molecule is COc1c(O)c(C(C)C)cc2c1C[C@@]1(O)CCCC(C)(C)[C@@H]1CC2. The highest BCUT2D eigenvalue weighted by Crippen LogP contribution is 2.53. The fourth-order valence-corrected chi connectivity index (χ4v) is 5.24. The van der Waals surface area contributed by atoms with Gasteiger partial charge in [0.05, 0.1) is 12.7 Å². The standard InChI is InChI=1S/C21H32O3/c1-13(2)15-11-14-7-8-17-20(3,4)9-6-10-21(17,23)12-16(14)19(24-5)18(15)22/h11,13,17,22-23H,6-10,12H2,1-5H3/t17-,21-/m0/s1. The molecule has 0 spiro atoms. The minimum atomic E-state index is -0.688. The average molecular weight is 332 g/mol. The van der Waals surface area contributed by atoms with E-state index in [1.807, 2.05) is 0 Å². The Morgan fingerprint density at radius 3 is 2.58 bits per heavy atom. The summed E-state index contributed by atoms with van der Waals surface area (Å²) in [6, 6.07) is 2.14. The van der Waals surface area contributed by atoms with Gasteiger partial charge in [-0.25, -0.2) is 0 Å². The second kappa shape index (κ2) is 5.94.